The second-order valence-corrected chi connectivity index (χ2v) is 6.57. The Morgan fingerprint density at radius 1 is 1.00 bits per heavy atom. The maximum atomic E-state index is 6.01. The lowest BCUT2D eigenvalue weighted by Gasteiger charge is -2.13. The van der Waals surface area contributed by atoms with E-state index in [-0.39, 0.29) is 5.92 Å². The molecule has 3 heterocycles. The van der Waals surface area contributed by atoms with Crippen molar-refractivity contribution in [3.05, 3.63) is 90.1 Å². The van der Waals surface area contributed by atoms with Gasteiger partial charge in [0.1, 0.15) is 5.75 Å². The number of rotatable bonds is 6. The minimum atomic E-state index is 0.275. The predicted octanol–water partition coefficient (Wildman–Crippen LogP) is 5.31. The van der Waals surface area contributed by atoms with Gasteiger partial charge in [0.15, 0.2) is 0 Å². The summed E-state index contributed by atoms with van der Waals surface area (Å²) in [6.07, 6.45) is 13.3. The van der Waals surface area contributed by atoms with Crippen molar-refractivity contribution in [3.63, 3.8) is 0 Å². The second-order valence-electron chi connectivity index (χ2n) is 6.57. The molecule has 0 bridgehead atoms. The van der Waals surface area contributed by atoms with E-state index in [2.05, 4.69) is 46.3 Å². The van der Waals surface area contributed by atoms with Crippen LogP contribution in [0, 0.1) is 0 Å². The predicted molar refractivity (Wildman–Crippen MR) is 110 cm³/mol. The van der Waals surface area contributed by atoms with Gasteiger partial charge in [-0.2, -0.15) is 0 Å². The van der Waals surface area contributed by atoms with Gasteiger partial charge in [0.05, 0.1) is 12.8 Å². The molecule has 0 saturated carbocycles. The molecule has 4 aromatic rings. The van der Waals surface area contributed by atoms with E-state index in [1.165, 1.54) is 10.9 Å². The van der Waals surface area contributed by atoms with Crippen LogP contribution in [0.25, 0.3) is 23.1 Å². The molecule has 0 aliphatic heterocycles. The minimum Gasteiger partial charge on any atom is -0.491 e. The van der Waals surface area contributed by atoms with E-state index in [1.807, 2.05) is 42.6 Å². The molecule has 1 aromatic carbocycles. The van der Waals surface area contributed by atoms with Crippen molar-refractivity contribution >= 4 is 23.1 Å². The van der Waals surface area contributed by atoms with Crippen LogP contribution in [0.4, 0.5) is 0 Å². The van der Waals surface area contributed by atoms with Gasteiger partial charge < -0.3 is 9.72 Å². The summed E-state index contributed by atoms with van der Waals surface area (Å²) in [6, 6.07) is 14.3. The van der Waals surface area contributed by atoms with Crippen molar-refractivity contribution in [2.45, 2.75) is 12.8 Å². The Labute approximate surface area is 158 Å². The molecular weight excluding hydrogens is 334 g/mol. The maximum absolute atomic E-state index is 6.01. The van der Waals surface area contributed by atoms with Crippen LogP contribution in [0.1, 0.15) is 29.5 Å². The number of ether oxygens (including phenoxy) is 1. The molecule has 0 fully saturated rings. The Morgan fingerprint density at radius 3 is 2.70 bits per heavy atom. The highest BCUT2D eigenvalue weighted by molar-refractivity contribution is 5.83. The Hall–Kier alpha value is -3.40. The second kappa shape index (κ2) is 7.87. The van der Waals surface area contributed by atoms with E-state index >= 15 is 0 Å². The number of hydrogen-bond donors (Lipinski definition) is 1. The fraction of sp³-hybridized carbons (Fsp3) is 0.130. The van der Waals surface area contributed by atoms with Gasteiger partial charge in [0.25, 0.3) is 0 Å². The van der Waals surface area contributed by atoms with Gasteiger partial charge in [-0.15, -0.1) is 0 Å². The summed E-state index contributed by atoms with van der Waals surface area (Å²) >= 11 is 0. The van der Waals surface area contributed by atoms with Gasteiger partial charge in [0, 0.05) is 41.6 Å². The summed E-state index contributed by atoms with van der Waals surface area (Å²) in [5, 5.41) is 1.25. The van der Waals surface area contributed by atoms with E-state index in [1.54, 1.807) is 18.6 Å². The lowest BCUT2D eigenvalue weighted by Crippen LogP contribution is -2.07. The molecule has 4 heteroatoms. The van der Waals surface area contributed by atoms with Gasteiger partial charge >= 0.3 is 0 Å². The standard InChI is InChI=1S/C23H21N3O/c1-17(22-15-26-23-5-3-2-4-21(22)23)16-27-20-12-19(13-25-14-20)7-6-18-8-10-24-11-9-18/h2-15,17,26H,16H2,1H3. The highest BCUT2D eigenvalue weighted by Gasteiger charge is 2.12. The molecule has 1 N–H and O–H groups in total. The lowest BCUT2D eigenvalue weighted by molar-refractivity contribution is 0.295. The monoisotopic (exact) mass is 355 g/mol. The molecule has 1 atom stereocenters. The molecule has 3 aromatic heterocycles. The van der Waals surface area contributed by atoms with Crippen molar-refractivity contribution in [3.8, 4) is 5.75 Å². The Balaban J connectivity index is 1.43. The normalized spacial score (nSPS) is 12.5. The molecule has 0 radical (unpaired) electrons. The van der Waals surface area contributed by atoms with Gasteiger partial charge in [0.2, 0.25) is 0 Å². The van der Waals surface area contributed by atoms with Crippen LogP contribution in [0.3, 0.4) is 0 Å². The van der Waals surface area contributed by atoms with E-state index in [0.29, 0.717) is 6.61 Å². The molecule has 134 valence electrons. The quantitative estimate of drug-likeness (QED) is 0.510. The first-order valence-electron chi connectivity index (χ1n) is 9.01. The van der Waals surface area contributed by atoms with E-state index < -0.39 is 0 Å². The van der Waals surface area contributed by atoms with Crippen LogP contribution in [0.2, 0.25) is 0 Å². The fourth-order valence-corrected chi connectivity index (χ4v) is 3.09. The van der Waals surface area contributed by atoms with E-state index in [4.69, 9.17) is 4.74 Å². The largest absolute Gasteiger partial charge is 0.491 e. The minimum absolute atomic E-state index is 0.275. The first-order chi connectivity index (χ1) is 13.3. The number of nitrogens with one attached hydrogen (secondary N) is 1. The molecule has 1 unspecified atom stereocenters. The molecule has 0 aliphatic carbocycles. The number of H-pyrrole nitrogens is 1. The summed E-state index contributed by atoms with van der Waals surface area (Å²) in [7, 11) is 0. The van der Waals surface area contributed by atoms with Crippen LogP contribution in [0.5, 0.6) is 5.75 Å². The smallest absolute Gasteiger partial charge is 0.138 e. The average Bonchev–Trinajstić information content (AvgIpc) is 3.16. The van der Waals surface area contributed by atoms with Crippen molar-refractivity contribution in [1.82, 2.24) is 15.0 Å². The average molecular weight is 355 g/mol. The van der Waals surface area contributed by atoms with E-state index in [0.717, 1.165) is 22.4 Å². The van der Waals surface area contributed by atoms with Crippen LogP contribution in [-0.2, 0) is 0 Å². The van der Waals surface area contributed by atoms with Gasteiger partial charge in [-0.25, -0.2) is 0 Å². The zero-order chi connectivity index (χ0) is 18.5. The van der Waals surface area contributed by atoms with Gasteiger partial charge in [-0.05, 0) is 41.0 Å². The molecule has 27 heavy (non-hydrogen) atoms. The lowest BCUT2D eigenvalue weighted by atomic mass is 10.0. The number of nitrogens with zero attached hydrogens (tertiary/aromatic N) is 2. The van der Waals surface area contributed by atoms with Crippen molar-refractivity contribution < 1.29 is 4.74 Å². The van der Waals surface area contributed by atoms with Crippen molar-refractivity contribution in [1.29, 1.82) is 0 Å². The van der Waals surface area contributed by atoms with E-state index in [9.17, 15) is 0 Å². The fourth-order valence-electron chi connectivity index (χ4n) is 3.09. The van der Waals surface area contributed by atoms with Crippen molar-refractivity contribution in [2.75, 3.05) is 6.61 Å². The molecule has 0 spiro atoms. The molecular formula is C23H21N3O. The third-order valence-electron chi connectivity index (χ3n) is 4.56. The third-order valence-corrected chi connectivity index (χ3v) is 4.56. The first-order valence-corrected chi connectivity index (χ1v) is 9.01. The molecule has 0 amide bonds. The molecule has 0 saturated heterocycles. The number of para-hydroxylation sites is 1. The van der Waals surface area contributed by atoms with Crippen LogP contribution < -0.4 is 4.74 Å². The number of pyridine rings is 2. The summed E-state index contributed by atoms with van der Waals surface area (Å²) < 4.78 is 6.01. The molecule has 4 rings (SSSR count). The number of aromatic nitrogens is 3. The summed E-state index contributed by atoms with van der Waals surface area (Å²) in [4.78, 5) is 11.6. The highest BCUT2D eigenvalue weighted by atomic mass is 16.5. The number of aromatic amines is 1. The number of fused-ring (bicyclic) bond motifs is 1. The highest BCUT2D eigenvalue weighted by Crippen LogP contribution is 2.26. The van der Waals surface area contributed by atoms with Crippen molar-refractivity contribution in [2.24, 2.45) is 0 Å². The summed E-state index contributed by atoms with van der Waals surface area (Å²) in [6.45, 7) is 2.78. The van der Waals surface area contributed by atoms with Gasteiger partial charge in [-0.3, -0.25) is 9.97 Å². The number of benzene rings is 1. The zero-order valence-electron chi connectivity index (χ0n) is 15.2. The third kappa shape index (κ3) is 4.06. The molecule has 4 nitrogen and oxygen atoms in total. The number of hydrogen-bond acceptors (Lipinski definition) is 3. The molecule has 0 aliphatic rings. The van der Waals surface area contributed by atoms with Crippen LogP contribution in [-0.4, -0.2) is 21.6 Å². The van der Waals surface area contributed by atoms with Gasteiger partial charge in [-0.1, -0.05) is 37.3 Å². The Morgan fingerprint density at radius 2 is 1.81 bits per heavy atom. The van der Waals surface area contributed by atoms with Crippen LogP contribution >= 0.6 is 0 Å². The summed E-state index contributed by atoms with van der Waals surface area (Å²) in [5.41, 5.74) is 4.53. The Bertz CT molecular complexity index is 1050. The zero-order valence-corrected chi connectivity index (χ0v) is 15.2. The topological polar surface area (TPSA) is 50.8 Å². The first kappa shape index (κ1) is 17.0. The summed E-state index contributed by atoms with van der Waals surface area (Å²) in [5.74, 6) is 1.05. The maximum Gasteiger partial charge on any atom is 0.138 e. The SMILES string of the molecule is CC(COc1cncc(C=Cc2ccncc2)c1)c1c[nH]c2ccccc12. The Kier molecular flexibility index (Phi) is 4.97. The van der Waals surface area contributed by atoms with Crippen LogP contribution in [0.15, 0.2) is 73.4 Å².